The van der Waals surface area contributed by atoms with Crippen molar-refractivity contribution >= 4 is 9.24 Å². The SMILES string of the molecule is CCCCCCCCCCCCCCCCCCCCCCCCCCCCC#CP. The number of unbranched alkanes of at least 4 members (excludes halogenated alkanes) is 26. The summed E-state index contributed by atoms with van der Waals surface area (Å²) in [6, 6.07) is 0. The average molecular weight is 451 g/mol. The average Bonchev–Trinajstić information content (AvgIpc) is 2.78. The van der Waals surface area contributed by atoms with Crippen LogP contribution >= 0.6 is 9.24 Å². The maximum Gasteiger partial charge on any atom is 0.00919 e. The third-order valence-corrected chi connectivity index (χ3v) is 6.96. The monoisotopic (exact) mass is 450 g/mol. The Morgan fingerprint density at radius 2 is 0.581 bits per heavy atom. The zero-order valence-corrected chi connectivity index (χ0v) is 22.8. The maximum absolute atomic E-state index is 3.13. The maximum atomic E-state index is 3.13. The second kappa shape index (κ2) is 30.0. The van der Waals surface area contributed by atoms with Crippen LogP contribution in [0.1, 0.15) is 180 Å². The smallest absolute Gasteiger partial charge is 0.00919 e. The Bertz CT molecular complexity index is 364. The largest absolute Gasteiger partial charge is 0.0992 e. The first kappa shape index (κ1) is 31.0. The molecule has 0 heterocycles. The standard InChI is InChI=1S/C30H59P/c1-2-3-4-5-6-7-8-9-10-11-12-13-14-15-16-17-18-19-20-21-22-23-24-25-26-27-28-29-30-31/h2-28,31H2,1H3. The molecule has 0 fully saturated rings. The van der Waals surface area contributed by atoms with Crippen molar-refractivity contribution in [1.82, 2.24) is 0 Å². The predicted octanol–water partition coefficient (Wildman–Crippen LogP) is 11.4. The van der Waals surface area contributed by atoms with Crippen molar-refractivity contribution in [2.75, 3.05) is 0 Å². The van der Waals surface area contributed by atoms with Crippen molar-refractivity contribution in [3.8, 4) is 11.6 Å². The highest BCUT2D eigenvalue weighted by atomic mass is 31.0. The molecule has 31 heavy (non-hydrogen) atoms. The summed E-state index contributed by atoms with van der Waals surface area (Å²) >= 11 is 0. The fourth-order valence-corrected chi connectivity index (χ4v) is 4.75. The lowest BCUT2D eigenvalue weighted by Gasteiger charge is -2.04. The van der Waals surface area contributed by atoms with Gasteiger partial charge in [0, 0.05) is 6.42 Å². The van der Waals surface area contributed by atoms with Crippen LogP contribution in [0.5, 0.6) is 0 Å². The first-order valence-electron chi connectivity index (χ1n) is 14.6. The minimum absolute atomic E-state index is 1.09. The van der Waals surface area contributed by atoms with Gasteiger partial charge in [-0.3, -0.25) is 0 Å². The van der Waals surface area contributed by atoms with Gasteiger partial charge in [-0.25, -0.2) is 0 Å². The lowest BCUT2D eigenvalue weighted by Crippen LogP contribution is -1.84. The van der Waals surface area contributed by atoms with E-state index in [9.17, 15) is 0 Å². The Kier molecular flexibility index (Phi) is 30.0. The van der Waals surface area contributed by atoms with Crippen LogP contribution in [0.2, 0.25) is 0 Å². The van der Waals surface area contributed by atoms with Crippen molar-refractivity contribution in [1.29, 1.82) is 0 Å². The molecule has 0 rings (SSSR count). The van der Waals surface area contributed by atoms with Gasteiger partial charge in [0.25, 0.3) is 0 Å². The van der Waals surface area contributed by atoms with Crippen LogP contribution in [0.25, 0.3) is 0 Å². The minimum atomic E-state index is 1.09. The molecule has 184 valence electrons. The van der Waals surface area contributed by atoms with Gasteiger partial charge >= 0.3 is 0 Å². The highest BCUT2D eigenvalue weighted by Crippen LogP contribution is 2.16. The molecule has 0 radical (unpaired) electrons. The third-order valence-electron chi connectivity index (χ3n) is 6.76. The highest BCUT2D eigenvalue weighted by Gasteiger charge is 1.96. The van der Waals surface area contributed by atoms with Gasteiger partial charge in [-0.15, -0.1) is 0 Å². The topological polar surface area (TPSA) is 0 Å². The van der Waals surface area contributed by atoms with Crippen molar-refractivity contribution in [2.45, 2.75) is 180 Å². The molecule has 0 spiro atoms. The first-order chi connectivity index (χ1) is 15.4. The summed E-state index contributed by atoms with van der Waals surface area (Å²) in [4.78, 5) is 0. The molecule has 1 unspecified atom stereocenters. The Labute approximate surface area is 201 Å². The van der Waals surface area contributed by atoms with Crippen LogP contribution in [0.4, 0.5) is 0 Å². The van der Waals surface area contributed by atoms with Crippen molar-refractivity contribution in [2.24, 2.45) is 0 Å². The normalized spacial score (nSPS) is 10.9. The molecule has 0 saturated carbocycles. The molecule has 1 heteroatoms. The van der Waals surface area contributed by atoms with Crippen molar-refractivity contribution in [3.63, 3.8) is 0 Å². The minimum Gasteiger partial charge on any atom is -0.0992 e. The van der Waals surface area contributed by atoms with Crippen molar-refractivity contribution < 1.29 is 0 Å². The van der Waals surface area contributed by atoms with Crippen LogP contribution in [0.3, 0.4) is 0 Å². The van der Waals surface area contributed by atoms with E-state index >= 15 is 0 Å². The van der Waals surface area contributed by atoms with Gasteiger partial charge < -0.3 is 0 Å². The highest BCUT2D eigenvalue weighted by molar-refractivity contribution is 7.23. The fourth-order valence-electron chi connectivity index (χ4n) is 4.60. The first-order valence-corrected chi connectivity index (χ1v) is 15.2. The second-order valence-corrected chi connectivity index (χ2v) is 10.2. The number of rotatable bonds is 26. The Balaban J connectivity index is 3.00. The van der Waals surface area contributed by atoms with E-state index in [0.717, 1.165) is 6.42 Å². The fraction of sp³-hybridized carbons (Fsp3) is 0.933. The van der Waals surface area contributed by atoms with Gasteiger partial charge in [0.1, 0.15) is 0 Å². The number of hydrogen-bond donors (Lipinski definition) is 0. The molecular formula is C30H59P. The van der Waals surface area contributed by atoms with Crippen LogP contribution in [-0.4, -0.2) is 0 Å². The van der Waals surface area contributed by atoms with E-state index in [4.69, 9.17) is 0 Å². The summed E-state index contributed by atoms with van der Waals surface area (Å²) in [5.41, 5.74) is 2.90. The van der Waals surface area contributed by atoms with Gasteiger partial charge in [-0.2, -0.15) is 0 Å². The zero-order valence-electron chi connectivity index (χ0n) is 21.7. The van der Waals surface area contributed by atoms with E-state index in [2.05, 4.69) is 27.7 Å². The van der Waals surface area contributed by atoms with Crippen LogP contribution in [0.15, 0.2) is 0 Å². The molecule has 0 N–H and O–H groups in total. The summed E-state index contributed by atoms with van der Waals surface area (Å²) < 4.78 is 0. The molecule has 0 amide bonds. The molecule has 0 aliphatic rings. The molecule has 0 saturated heterocycles. The van der Waals surface area contributed by atoms with E-state index in [0.29, 0.717) is 0 Å². The van der Waals surface area contributed by atoms with Crippen molar-refractivity contribution in [3.05, 3.63) is 0 Å². The lowest BCUT2D eigenvalue weighted by atomic mass is 10.0. The van der Waals surface area contributed by atoms with Crippen LogP contribution in [-0.2, 0) is 0 Å². The molecule has 0 aromatic carbocycles. The van der Waals surface area contributed by atoms with E-state index < -0.39 is 0 Å². The summed E-state index contributed by atoms with van der Waals surface area (Å²) in [6.07, 6.45) is 39.0. The molecule has 0 aliphatic heterocycles. The quantitative estimate of drug-likeness (QED) is 0.0698. The van der Waals surface area contributed by atoms with Crippen LogP contribution < -0.4 is 0 Å². The van der Waals surface area contributed by atoms with E-state index in [1.165, 1.54) is 167 Å². The summed E-state index contributed by atoms with van der Waals surface area (Å²) in [5, 5.41) is 0. The van der Waals surface area contributed by atoms with Crippen LogP contribution in [0, 0.1) is 11.6 Å². The van der Waals surface area contributed by atoms with Gasteiger partial charge in [0.05, 0.1) is 0 Å². The summed E-state index contributed by atoms with van der Waals surface area (Å²) in [6.45, 7) is 2.30. The molecule has 0 aromatic heterocycles. The molecule has 0 bridgehead atoms. The Morgan fingerprint density at radius 3 is 0.806 bits per heavy atom. The Morgan fingerprint density at radius 1 is 0.355 bits per heavy atom. The van der Waals surface area contributed by atoms with Gasteiger partial charge in [-0.1, -0.05) is 188 Å². The predicted molar refractivity (Wildman–Crippen MR) is 148 cm³/mol. The summed E-state index contributed by atoms with van der Waals surface area (Å²) in [7, 11) is 2.48. The van der Waals surface area contributed by atoms with Gasteiger partial charge in [0.2, 0.25) is 0 Å². The molecule has 0 aromatic rings. The third kappa shape index (κ3) is 30.0. The van der Waals surface area contributed by atoms with Gasteiger partial charge in [0.15, 0.2) is 0 Å². The second-order valence-electron chi connectivity index (χ2n) is 9.91. The van der Waals surface area contributed by atoms with E-state index in [1.54, 1.807) is 0 Å². The molecule has 0 aliphatic carbocycles. The van der Waals surface area contributed by atoms with E-state index in [-0.39, 0.29) is 0 Å². The summed E-state index contributed by atoms with van der Waals surface area (Å²) in [5.74, 6) is 3.13. The Hall–Kier alpha value is -0.0100. The molecule has 1 atom stereocenters. The van der Waals surface area contributed by atoms with E-state index in [1.807, 2.05) is 0 Å². The van der Waals surface area contributed by atoms with Gasteiger partial charge in [-0.05, 0) is 6.42 Å². The molecular weight excluding hydrogens is 391 g/mol. The lowest BCUT2D eigenvalue weighted by molar-refractivity contribution is 0.515. The number of hydrogen-bond acceptors (Lipinski definition) is 0. The zero-order chi connectivity index (χ0) is 22.5. The molecule has 0 nitrogen and oxygen atoms in total.